The van der Waals surface area contributed by atoms with Crippen LogP contribution in [0.5, 0.6) is 0 Å². The van der Waals surface area contributed by atoms with Gasteiger partial charge in [0.25, 0.3) is 10.0 Å². The second-order valence-corrected chi connectivity index (χ2v) is 19.7. The highest BCUT2D eigenvalue weighted by Gasteiger charge is 2.67. The van der Waals surface area contributed by atoms with Gasteiger partial charge in [-0.1, -0.05) is 37.6 Å². The molecule has 10 nitrogen and oxygen atoms in total. The zero-order valence-electron chi connectivity index (χ0n) is 26.8. The molecule has 0 aromatic heterocycles. The van der Waals surface area contributed by atoms with Gasteiger partial charge in [-0.05, 0) is 82.1 Å². The van der Waals surface area contributed by atoms with E-state index in [9.17, 15) is 18.6 Å². The molecule has 1 amide bonds. The SMILES string of the molecule is CC.Cc1ccc(S(=O)(=O)N2C=CCC23CN(C(=N)[C@H]2C[C@@H](NC(=O)OC(C)(C)C)[C@@H]4C(S(C)(C)C)[C@@H]42)C(=N)C=N3)cc1.[HH]. The lowest BCUT2D eigenvalue weighted by Gasteiger charge is -2.43. The first-order chi connectivity index (χ1) is 19.9. The maximum atomic E-state index is 13.7. The van der Waals surface area contributed by atoms with Crippen LogP contribution < -0.4 is 5.32 Å². The Morgan fingerprint density at radius 3 is 2.35 bits per heavy atom. The summed E-state index contributed by atoms with van der Waals surface area (Å²) in [5.74, 6) is 0.651. The lowest BCUT2D eigenvalue weighted by molar-refractivity contribution is 0.0499. The molecule has 6 atom stereocenters. The number of carbonyl (C=O) groups excluding carboxylic acids is 1. The van der Waals surface area contributed by atoms with Crippen molar-refractivity contribution in [3.8, 4) is 0 Å². The largest absolute Gasteiger partial charge is 0.444 e. The van der Waals surface area contributed by atoms with Crippen LogP contribution in [0.2, 0.25) is 0 Å². The van der Waals surface area contributed by atoms with Crippen LogP contribution in [-0.2, 0) is 14.8 Å². The minimum absolute atomic E-state index is 0. The summed E-state index contributed by atoms with van der Waals surface area (Å²) in [6, 6.07) is 6.60. The molecule has 2 fully saturated rings. The van der Waals surface area contributed by atoms with Gasteiger partial charge >= 0.3 is 6.09 Å². The van der Waals surface area contributed by atoms with E-state index in [-0.39, 0.29) is 48.3 Å². The van der Waals surface area contributed by atoms with E-state index < -0.39 is 37.4 Å². The van der Waals surface area contributed by atoms with Gasteiger partial charge in [0.15, 0.2) is 5.66 Å². The molecule has 1 aromatic carbocycles. The van der Waals surface area contributed by atoms with Crippen LogP contribution in [-0.4, -0.2) is 89.5 Å². The first-order valence-corrected chi connectivity index (χ1v) is 19.3. The molecular weight excluding hydrogens is 585 g/mol. The topological polar surface area (TPSA) is 139 Å². The first-order valence-electron chi connectivity index (χ1n) is 14.9. The van der Waals surface area contributed by atoms with Gasteiger partial charge in [0.05, 0.1) is 17.7 Å². The number of amidine groups is 2. The number of fused-ring (bicyclic) bond motifs is 1. The fourth-order valence-corrected chi connectivity index (χ4v) is 10.9. The molecule has 0 radical (unpaired) electrons. The molecule has 0 saturated heterocycles. The van der Waals surface area contributed by atoms with Crippen molar-refractivity contribution in [1.29, 1.82) is 10.8 Å². The van der Waals surface area contributed by atoms with Crippen LogP contribution in [0, 0.1) is 35.5 Å². The van der Waals surface area contributed by atoms with Crippen molar-refractivity contribution in [2.75, 3.05) is 25.3 Å². The number of nitrogens with one attached hydrogen (secondary N) is 3. The monoisotopic (exact) mass is 634 g/mol. The van der Waals surface area contributed by atoms with Crippen LogP contribution in [0.4, 0.5) is 4.79 Å². The van der Waals surface area contributed by atoms with Crippen molar-refractivity contribution in [2.24, 2.45) is 22.7 Å². The standard InChI is InChI=1S/C29H42N6O4S2.C2H6.H2/c1-18-9-11-19(12-10-18)41(37,38)35-14-8-13-29(35)17-34(22(30)16-32-29)26(31)20-15-21(33-27(36)39-28(2,3)4)24-23(20)25(24)40(5,6)7;1-2;/h8-12,14,16,20-21,23-25,30-31H,13,15,17H2,1-7H3,(H,33,36);1-2H3;1H/t20-,21+,23+,24-,25?,29?;;/m0../s1. The summed E-state index contributed by atoms with van der Waals surface area (Å²) >= 11 is 0. The number of sulfonamides is 1. The van der Waals surface area contributed by atoms with E-state index in [1.165, 1.54) is 10.5 Å². The van der Waals surface area contributed by atoms with E-state index in [0.717, 1.165) is 5.56 Å². The van der Waals surface area contributed by atoms with Gasteiger partial charge in [0, 0.05) is 26.0 Å². The second kappa shape index (κ2) is 11.6. The van der Waals surface area contributed by atoms with Crippen LogP contribution in [0.15, 0.2) is 46.4 Å². The summed E-state index contributed by atoms with van der Waals surface area (Å²) in [5, 5.41) is 21.5. The number of hydrogen-bond acceptors (Lipinski definition) is 7. The van der Waals surface area contributed by atoms with Gasteiger partial charge in [-0.3, -0.25) is 15.8 Å². The predicted molar refractivity (Wildman–Crippen MR) is 178 cm³/mol. The Kier molecular flexibility index (Phi) is 8.89. The zero-order valence-corrected chi connectivity index (χ0v) is 28.5. The summed E-state index contributed by atoms with van der Waals surface area (Å²) < 4.78 is 34.3. The summed E-state index contributed by atoms with van der Waals surface area (Å²) in [4.78, 5) is 19.1. The van der Waals surface area contributed by atoms with Gasteiger partial charge in [-0.15, -0.1) is 0 Å². The highest BCUT2D eigenvalue weighted by atomic mass is 32.3. The Bertz CT molecular complexity index is 1430. The number of carbonyl (C=O) groups is 1. The summed E-state index contributed by atoms with van der Waals surface area (Å²) in [7, 11) is -4.88. The molecule has 2 saturated carbocycles. The first kappa shape index (κ1) is 33.0. The molecule has 240 valence electrons. The summed E-state index contributed by atoms with van der Waals surface area (Å²) in [5.41, 5.74) is -0.821. The van der Waals surface area contributed by atoms with Gasteiger partial charge in [0.1, 0.15) is 17.3 Å². The van der Waals surface area contributed by atoms with Crippen LogP contribution in [0.25, 0.3) is 0 Å². The highest BCUT2D eigenvalue weighted by molar-refractivity contribution is 8.32. The lowest BCUT2D eigenvalue weighted by Crippen LogP contribution is -2.59. The average Bonchev–Trinajstić information content (AvgIpc) is 3.38. The van der Waals surface area contributed by atoms with Gasteiger partial charge in [-0.2, -0.15) is 0 Å². The Balaban J connectivity index is 0.00000173. The van der Waals surface area contributed by atoms with Crippen molar-refractivity contribution < 1.29 is 19.4 Å². The molecule has 2 heterocycles. The summed E-state index contributed by atoms with van der Waals surface area (Å²) in [6.45, 7) is 11.5. The quantitative estimate of drug-likeness (QED) is 0.293. The van der Waals surface area contributed by atoms with E-state index in [2.05, 4.69) is 29.1 Å². The van der Waals surface area contributed by atoms with Crippen molar-refractivity contribution in [3.05, 3.63) is 42.1 Å². The van der Waals surface area contributed by atoms with E-state index in [1.54, 1.807) is 41.4 Å². The molecule has 43 heavy (non-hydrogen) atoms. The van der Waals surface area contributed by atoms with E-state index in [0.29, 0.717) is 18.1 Å². The molecule has 2 unspecified atom stereocenters. The van der Waals surface area contributed by atoms with Crippen LogP contribution in [0.1, 0.15) is 54.5 Å². The minimum Gasteiger partial charge on any atom is -0.444 e. The smallest absolute Gasteiger partial charge is 0.407 e. The number of aliphatic imine (C=N–C) groups is 1. The number of hydrogen-bond donors (Lipinski definition) is 3. The molecule has 1 aromatic rings. The number of nitrogens with zero attached hydrogens (tertiary/aromatic N) is 3. The number of amides is 1. The van der Waals surface area contributed by atoms with Crippen molar-refractivity contribution in [2.45, 2.75) is 81.8 Å². The van der Waals surface area contributed by atoms with Gasteiger partial charge in [-0.25, -0.2) is 27.5 Å². The number of ether oxygens (including phenoxy) is 1. The summed E-state index contributed by atoms with van der Waals surface area (Å²) in [6.07, 6.45) is 12.0. The number of rotatable bonds is 5. The van der Waals surface area contributed by atoms with Crippen LogP contribution in [0.3, 0.4) is 0 Å². The zero-order chi connectivity index (χ0) is 32.1. The van der Waals surface area contributed by atoms with Gasteiger partial charge in [0.2, 0.25) is 0 Å². The number of alkyl carbamates (subject to hydrolysis) is 1. The maximum Gasteiger partial charge on any atom is 0.407 e. The molecule has 1 spiro atoms. The predicted octanol–water partition coefficient (Wildman–Crippen LogP) is 5.43. The van der Waals surface area contributed by atoms with Crippen molar-refractivity contribution in [1.82, 2.24) is 14.5 Å². The second-order valence-electron chi connectivity index (χ2n) is 13.4. The molecule has 4 aliphatic rings. The minimum atomic E-state index is -3.91. The van der Waals surface area contributed by atoms with E-state index in [1.807, 2.05) is 41.5 Å². The fourth-order valence-electron chi connectivity index (χ4n) is 6.74. The number of aryl methyl sites for hydroxylation is 1. The van der Waals surface area contributed by atoms with Crippen molar-refractivity contribution in [3.63, 3.8) is 0 Å². The molecule has 2 aliphatic heterocycles. The Morgan fingerprint density at radius 2 is 1.77 bits per heavy atom. The molecule has 2 aliphatic carbocycles. The Hall–Kier alpha value is -2.86. The third-order valence-corrected chi connectivity index (χ3v) is 12.6. The lowest BCUT2D eigenvalue weighted by atomic mass is 9.97. The fraction of sp³-hybridized carbons (Fsp3) is 0.613. The average molecular weight is 635 g/mol. The third-order valence-electron chi connectivity index (χ3n) is 8.46. The Morgan fingerprint density at radius 1 is 1.14 bits per heavy atom. The number of benzene rings is 1. The molecule has 12 heteroatoms. The van der Waals surface area contributed by atoms with E-state index >= 15 is 0 Å². The van der Waals surface area contributed by atoms with Crippen molar-refractivity contribution >= 4 is 44.0 Å². The van der Waals surface area contributed by atoms with Gasteiger partial charge < -0.3 is 15.0 Å². The molecule has 5 rings (SSSR count). The van der Waals surface area contributed by atoms with E-state index in [4.69, 9.17) is 10.1 Å². The normalized spacial score (nSPS) is 30.1. The molecule has 3 N–H and O–H groups in total. The highest BCUT2D eigenvalue weighted by Crippen LogP contribution is 2.69. The van der Waals surface area contributed by atoms with Crippen LogP contribution >= 0.6 is 10.0 Å². The molecule has 0 bridgehead atoms. The molecular formula is C31H50N6O4S2. The third kappa shape index (κ3) is 6.36. The maximum absolute atomic E-state index is 13.7. The Labute approximate surface area is 260 Å².